The van der Waals surface area contributed by atoms with Crippen molar-refractivity contribution in [2.75, 3.05) is 12.4 Å². The van der Waals surface area contributed by atoms with E-state index in [1.807, 2.05) is 18.2 Å². The molecule has 4 heteroatoms. The lowest BCUT2D eigenvalue weighted by Gasteiger charge is -2.08. The fourth-order valence-electron chi connectivity index (χ4n) is 1.46. The van der Waals surface area contributed by atoms with Gasteiger partial charge in [-0.3, -0.25) is 4.98 Å². The maximum atomic E-state index is 8.87. The van der Waals surface area contributed by atoms with Gasteiger partial charge in [0.25, 0.3) is 0 Å². The first kappa shape index (κ1) is 11.0. The maximum Gasteiger partial charge on any atom is 0.138 e. The van der Waals surface area contributed by atoms with Crippen LogP contribution in [0.5, 0.6) is 5.75 Å². The van der Waals surface area contributed by atoms with Crippen molar-refractivity contribution in [2.24, 2.45) is 0 Å². The maximum absolute atomic E-state index is 8.87. The number of benzene rings is 1. The molecule has 17 heavy (non-hydrogen) atoms. The summed E-state index contributed by atoms with van der Waals surface area (Å²) in [4.78, 5) is 3.94. The van der Waals surface area contributed by atoms with Gasteiger partial charge in [0.15, 0.2) is 0 Å². The second-order valence-corrected chi connectivity index (χ2v) is 3.39. The number of anilines is 2. The lowest BCUT2D eigenvalue weighted by Crippen LogP contribution is -1.93. The van der Waals surface area contributed by atoms with Gasteiger partial charge in [-0.1, -0.05) is 0 Å². The highest BCUT2D eigenvalue weighted by atomic mass is 16.5. The number of pyridine rings is 1. The molecule has 1 aromatic carbocycles. The summed E-state index contributed by atoms with van der Waals surface area (Å²) >= 11 is 0. The van der Waals surface area contributed by atoms with Gasteiger partial charge < -0.3 is 10.1 Å². The van der Waals surface area contributed by atoms with E-state index in [4.69, 9.17) is 10.00 Å². The summed E-state index contributed by atoms with van der Waals surface area (Å²) in [6.45, 7) is 0. The van der Waals surface area contributed by atoms with Crippen molar-refractivity contribution >= 4 is 11.4 Å². The van der Waals surface area contributed by atoms with Crippen molar-refractivity contribution in [1.82, 2.24) is 4.98 Å². The lowest BCUT2D eigenvalue weighted by molar-refractivity contribution is 0.413. The topological polar surface area (TPSA) is 57.9 Å². The van der Waals surface area contributed by atoms with E-state index in [1.165, 1.54) is 0 Å². The van der Waals surface area contributed by atoms with Crippen LogP contribution >= 0.6 is 0 Å². The molecule has 0 aliphatic heterocycles. The average Bonchev–Trinajstić information content (AvgIpc) is 2.40. The Balaban J connectivity index is 2.26. The zero-order valence-corrected chi connectivity index (χ0v) is 9.34. The fraction of sp³-hybridized carbons (Fsp3) is 0.0769. The summed E-state index contributed by atoms with van der Waals surface area (Å²) in [6.07, 6.45) is 3.42. The lowest BCUT2D eigenvalue weighted by atomic mass is 10.2. The Hall–Kier alpha value is -2.54. The summed E-state index contributed by atoms with van der Waals surface area (Å²) in [6, 6.07) is 11.2. The Bertz CT molecular complexity index is 546. The van der Waals surface area contributed by atoms with Crippen molar-refractivity contribution in [3.05, 3.63) is 48.3 Å². The van der Waals surface area contributed by atoms with Crippen LogP contribution in [0.4, 0.5) is 11.4 Å². The van der Waals surface area contributed by atoms with Gasteiger partial charge >= 0.3 is 0 Å². The van der Waals surface area contributed by atoms with E-state index in [1.54, 1.807) is 31.6 Å². The molecule has 1 heterocycles. The molecular weight excluding hydrogens is 214 g/mol. The van der Waals surface area contributed by atoms with Crippen molar-refractivity contribution in [1.29, 1.82) is 5.26 Å². The molecule has 0 saturated carbocycles. The summed E-state index contributed by atoms with van der Waals surface area (Å²) in [7, 11) is 1.55. The Morgan fingerprint density at radius 3 is 2.59 bits per heavy atom. The Labute approximate surface area is 99.5 Å². The number of nitriles is 1. The second-order valence-electron chi connectivity index (χ2n) is 3.39. The number of ether oxygens (including phenoxy) is 1. The molecule has 2 aromatic rings. The molecule has 1 N–H and O–H groups in total. The van der Waals surface area contributed by atoms with E-state index in [-0.39, 0.29) is 0 Å². The Morgan fingerprint density at radius 2 is 1.94 bits per heavy atom. The van der Waals surface area contributed by atoms with Crippen molar-refractivity contribution in [3.63, 3.8) is 0 Å². The standard InChI is InChI=1S/C13H11N3O/c1-17-13-8-12(3-2-10(13)9-14)16-11-4-6-15-7-5-11/h2-8H,1H3,(H,15,16). The summed E-state index contributed by atoms with van der Waals surface area (Å²) in [5, 5.41) is 12.1. The van der Waals surface area contributed by atoms with Gasteiger partial charge in [-0.25, -0.2) is 0 Å². The van der Waals surface area contributed by atoms with E-state index in [0.29, 0.717) is 11.3 Å². The molecular formula is C13H11N3O. The minimum atomic E-state index is 0.521. The first-order chi connectivity index (χ1) is 8.33. The third kappa shape index (κ3) is 2.52. The van der Waals surface area contributed by atoms with Crippen molar-refractivity contribution in [2.45, 2.75) is 0 Å². The van der Waals surface area contributed by atoms with Crippen LogP contribution in [0.15, 0.2) is 42.7 Å². The van der Waals surface area contributed by atoms with Crippen molar-refractivity contribution in [3.8, 4) is 11.8 Å². The molecule has 2 rings (SSSR count). The van der Waals surface area contributed by atoms with E-state index in [9.17, 15) is 0 Å². The predicted octanol–water partition coefficient (Wildman–Crippen LogP) is 2.71. The third-order valence-corrected chi connectivity index (χ3v) is 2.29. The van der Waals surface area contributed by atoms with Crippen LogP contribution < -0.4 is 10.1 Å². The molecule has 0 unspecified atom stereocenters. The highest BCUT2D eigenvalue weighted by Gasteiger charge is 2.03. The predicted molar refractivity (Wildman–Crippen MR) is 65.2 cm³/mol. The molecule has 0 saturated heterocycles. The fourth-order valence-corrected chi connectivity index (χ4v) is 1.46. The van der Waals surface area contributed by atoms with E-state index in [0.717, 1.165) is 11.4 Å². The van der Waals surface area contributed by atoms with E-state index in [2.05, 4.69) is 16.4 Å². The first-order valence-corrected chi connectivity index (χ1v) is 5.08. The smallest absolute Gasteiger partial charge is 0.138 e. The summed E-state index contributed by atoms with van der Waals surface area (Å²) in [5.41, 5.74) is 2.33. The van der Waals surface area contributed by atoms with E-state index < -0.39 is 0 Å². The van der Waals surface area contributed by atoms with Crippen LogP contribution in [0.3, 0.4) is 0 Å². The van der Waals surface area contributed by atoms with Gasteiger partial charge in [0.2, 0.25) is 0 Å². The normalized spacial score (nSPS) is 9.41. The molecule has 0 fully saturated rings. The SMILES string of the molecule is COc1cc(Nc2ccncc2)ccc1C#N. The Kier molecular flexibility index (Phi) is 3.22. The summed E-state index contributed by atoms with van der Waals surface area (Å²) < 4.78 is 5.14. The minimum Gasteiger partial charge on any atom is -0.495 e. The quantitative estimate of drug-likeness (QED) is 0.872. The first-order valence-electron chi connectivity index (χ1n) is 5.08. The largest absolute Gasteiger partial charge is 0.495 e. The van der Waals surface area contributed by atoms with Crippen LogP contribution in [0, 0.1) is 11.3 Å². The number of aromatic nitrogens is 1. The van der Waals surface area contributed by atoms with Gasteiger partial charge in [0.1, 0.15) is 11.8 Å². The molecule has 0 spiro atoms. The van der Waals surface area contributed by atoms with Crippen LogP contribution in [0.25, 0.3) is 0 Å². The second kappa shape index (κ2) is 4.99. The molecule has 0 amide bonds. The van der Waals surface area contributed by atoms with Gasteiger partial charge in [-0.15, -0.1) is 0 Å². The van der Waals surface area contributed by atoms with Crippen LogP contribution in [-0.4, -0.2) is 12.1 Å². The van der Waals surface area contributed by atoms with Crippen LogP contribution in [0.2, 0.25) is 0 Å². The molecule has 1 aromatic heterocycles. The van der Waals surface area contributed by atoms with Gasteiger partial charge in [-0.2, -0.15) is 5.26 Å². The number of hydrogen-bond donors (Lipinski definition) is 1. The monoisotopic (exact) mass is 225 g/mol. The Morgan fingerprint density at radius 1 is 1.18 bits per heavy atom. The van der Waals surface area contributed by atoms with Crippen LogP contribution in [-0.2, 0) is 0 Å². The van der Waals surface area contributed by atoms with Gasteiger partial charge in [0, 0.05) is 29.8 Å². The van der Waals surface area contributed by atoms with Crippen molar-refractivity contribution < 1.29 is 4.74 Å². The number of hydrogen-bond acceptors (Lipinski definition) is 4. The molecule has 0 aliphatic carbocycles. The average molecular weight is 225 g/mol. The molecule has 84 valence electrons. The third-order valence-electron chi connectivity index (χ3n) is 2.29. The highest BCUT2D eigenvalue weighted by molar-refractivity contribution is 5.63. The molecule has 0 atom stereocenters. The molecule has 0 aliphatic rings. The summed E-state index contributed by atoms with van der Waals surface area (Å²) in [5.74, 6) is 0.562. The number of nitrogens with zero attached hydrogens (tertiary/aromatic N) is 2. The zero-order chi connectivity index (χ0) is 12.1. The number of methoxy groups -OCH3 is 1. The highest BCUT2D eigenvalue weighted by Crippen LogP contribution is 2.24. The zero-order valence-electron chi connectivity index (χ0n) is 9.34. The van der Waals surface area contributed by atoms with Gasteiger partial charge in [-0.05, 0) is 24.3 Å². The minimum absolute atomic E-state index is 0.521. The molecule has 0 radical (unpaired) electrons. The molecule has 4 nitrogen and oxygen atoms in total. The number of nitrogens with one attached hydrogen (secondary N) is 1. The van der Waals surface area contributed by atoms with Crippen LogP contribution in [0.1, 0.15) is 5.56 Å². The number of rotatable bonds is 3. The molecule has 0 bridgehead atoms. The van der Waals surface area contributed by atoms with E-state index >= 15 is 0 Å². The van der Waals surface area contributed by atoms with Gasteiger partial charge in [0.05, 0.1) is 12.7 Å².